The molecule has 20 heavy (non-hydrogen) atoms. The Morgan fingerprint density at radius 3 is 2.15 bits per heavy atom. The van der Waals surface area contributed by atoms with Crippen LogP contribution in [0.15, 0.2) is 24.3 Å². The van der Waals surface area contributed by atoms with Crippen molar-refractivity contribution in [2.75, 3.05) is 20.6 Å². The first kappa shape index (κ1) is 16.9. The number of benzene rings is 1. The SMILES string of the molecule is CN(C)S(=O)(=O)NCCc1ccc(OC(C)(C)C)cc1. The summed E-state index contributed by atoms with van der Waals surface area (Å²) in [5, 5.41) is 0. The molecule has 0 saturated carbocycles. The molecule has 0 spiro atoms. The van der Waals surface area contributed by atoms with Gasteiger partial charge in [0.2, 0.25) is 0 Å². The van der Waals surface area contributed by atoms with Crippen molar-refractivity contribution >= 4 is 10.2 Å². The van der Waals surface area contributed by atoms with Crippen molar-refractivity contribution in [3.8, 4) is 5.75 Å². The molecule has 0 saturated heterocycles. The van der Waals surface area contributed by atoms with E-state index in [0.29, 0.717) is 13.0 Å². The number of hydrogen-bond acceptors (Lipinski definition) is 3. The van der Waals surface area contributed by atoms with Crippen LogP contribution < -0.4 is 9.46 Å². The van der Waals surface area contributed by atoms with Gasteiger partial charge in [-0.15, -0.1) is 0 Å². The van der Waals surface area contributed by atoms with Gasteiger partial charge in [0.15, 0.2) is 0 Å². The molecule has 1 N–H and O–H groups in total. The molecule has 114 valence electrons. The first-order valence-corrected chi connectivity index (χ1v) is 7.99. The van der Waals surface area contributed by atoms with Crippen molar-refractivity contribution < 1.29 is 13.2 Å². The van der Waals surface area contributed by atoms with Crippen LogP contribution in [-0.4, -0.2) is 39.0 Å². The lowest BCUT2D eigenvalue weighted by Crippen LogP contribution is -2.36. The summed E-state index contributed by atoms with van der Waals surface area (Å²) in [4.78, 5) is 0. The maximum atomic E-state index is 11.5. The van der Waals surface area contributed by atoms with E-state index in [1.54, 1.807) is 0 Å². The standard InChI is InChI=1S/C14H24N2O3S/c1-14(2,3)19-13-8-6-12(7-9-13)10-11-15-20(17,18)16(4)5/h6-9,15H,10-11H2,1-5H3. The van der Waals surface area contributed by atoms with Crippen LogP contribution >= 0.6 is 0 Å². The second kappa shape index (κ2) is 6.56. The molecule has 0 aliphatic carbocycles. The van der Waals surface area contributed by atoms with Gasteiger partial charge in [-0.3, -0.25) is 0 Å². The minimum atomic E-state index is -3.34. The van der Waals surface area contributed by atoms with Gasteiger partial charge in [-0.25, -0.2) is 4.72 Å². The van der Waals surface area contributed by atoms with Crippen molar-refractivity contribution in [2.45, 2.75) is 32.8 Å². The van der Waals surface area contributed by atoms with Gasteiger partial charge in [0.1, 0.15) is 11.4 Å². The first-order chi connectivity index (χ1) is 9.10. The van der Waals surface area contributed by atoms with Gasteiger partial charge in [-0.1, -0.05) is 12.1 Å². The molecule has 5 nitrogen and oxygen atoms in total. The van der Waals surface area contributed by atoms with E-state index in [-0.39, 0.29) is 5.60 Å². The third kappa shape index (κ3) is 5.90. The van der Waals surface area contributed by atoms with Crippen LogP contribution in [0.1, 0.15) is 26.3 Å². The van der Waals surface area contributed by atoms with Crippen LogP contribution in [0, 0.1) is 0 Å². The normalized spacial score (nSPS) is 12.7. The number of nitrogens with zero attached hydrogens (tertiary/aromatic N) is 1. The number of ether oxygens (including phenoxy) is 1. The fraction of sp³-hybridized carbons (Fsp3) is 0.571. The van der Waals surface area contributed by atoms with Gasteiger partial charge in [-0.2, -0.15) is 12.7 Å². The monoisotopic (exact) mass is 300 g/mol. The van der Waals surface area contributed by atoms with E-state index < -0.39 is 10.2 Å². The zero-order valence-corrected chi connectivity index (χ0v) is 13.6. The fourth-order valence-electron chi connectivity index (χ4n) is 1.53. The van der Waals surface area contributed by atoms with Crippen molar-refractivity contribution in [1.82, 2.24) is 9.03 Å². The van der Waals surface area contributed by atoms with E-state index in [1.165, 1.54) is 14.1 Å². The highest BCUT2D eigenvalue weighted by Gasteiger charge is 2.12. The molecular formula is C14H24N2O3S. The summed E-state index contributed by atoms with van der Waals surface area (Å²) in [6, 6.07) is 7.71. The summed E-state index contributed by atoms with van der Waals surface area (Å²) in [5.74, 6) is 0.815. The Balaban J connectivity index is 2.51. The zero-order chi connectivity index (χ0) is 15.4. The highest BCUT2D eigenvalue weighted by molar-refractivity contribution is 7.87. The van der Waals surface area contributed by atoms with Crippen LogP contribution in [-0.2, 0) is 16.6 Å². The molecule has 0 unspecified atom stereocenters. The van der Waals surface area contributed by atoms with Gasteiger partial charge >= 0.3 is 0 Å². The molecule has 0 amide bonds. The Hall–Kier alpha value is -1.11. The van der Waals surface area contributed by atoms with Crippen molar-refractivity contribution in [3.63, 3.8) is 0 Å². The predicted octanol–water partition coefficient (Wildman–Crippen LogP) is 1.80. The summed E-state index contributed by atoms with van der Waals surface area (Å²) in [7, 11) is -0.340. The molecule has 0 bridgehead atoms. The average Bonchev–Trinajstić information content (AvgIpc) is 2.29. The fourth-order valence-corrected chi connectivity index (χ4v) is 2.15. The van der Waals surface area contributed by atoms with Crippen LogP contribution in [0.3, 0.4) is 0 Å². The summed E-state index contributed by atoms with van der Waals surface area (Å²) in [6.45, 7) is 6.37. The third-order valence-electron chi connectivity index (χ3n) is 2.53. The Morgan fingerprint density at radius 1 is 1.15 bits per heavy atom. The Morgan fingerprint density at radius 2 is 1.70 bits per heavy atom. The lowest BCUT2D eigenvalue weighted by atomic mass is 10.1. The topological polar surface area (TPSA) is 58.6 Å². The summed E-state index contributed by atoms with van der Waals surface area (Å²) >= 11 is 0. The number of nitrogens with one attached hydrogen (secondary N) is 1. The van der Waals surface area contributed by atoms with Gasteiger partial charge < -0.3 is 4.74 Å². The van der Waals surface area contributed by atoms with Crippen LogP contribution in [0.5, 0.6) is 5.75 Å². The quantitative estimate of drug-likeness (QED) is 0.871. The maximum absolute atomic E-state index is 11.5. The van der Waals surface area contributed by atoms with E-state index >= 15 is 0 Å². The Bertz CT molecular complexity index is 516. The van der Waals surface area contributed by atoms with E-state index in [2.05, 4.69) is 4.72 Å². The van der Waals surface area contributed by atoms with Gasteiger partial charge in [0.05, 0.1) is 0 Å². The summed E-state index contributed by atoms with van der Waals surface area (Å²) < 4.78 is 32.5. The van der Waals surface area contributed by atoms with Crippen molar-refractivity contribution in [2.24, 2.45) is 0 Å². The van der Waals surface area contributed by atoms with Gasteiger partial charge in [0.25, 0.3) is 10.2 Å². The lowest BCUT2D eigenvalue weighted by Gasteiger charge is -2.21. The molecular weight excluding hydrogens is 276 g/mol. The Labute approximate surface area is 122 Å². The predicted molar refractivity (Wildman–Crippen MR) is 81.1 cm³/mol. The van der Waals surface area contributed by atoms with E-state index in [1.807, 2.05) is 45.0 Å². The highest BCUT2D eigenvalue weighted by atomic mass is 32.2. The average molecular weight is 300 g/mol. The molecule has 1 rings (SSSR count). The molecule has 0 radical (unpaired) electrons. The molecule has 0 atom stereocenters. The van der Waals surface area contributed by atoms with E-state index in [0.717, 1.165) is 15.6 Å². The molecule has 0 fully saturated rings. The maximum Gasteiger partial charge on any atom is 0.278 e. The minimum absolute atomic E-state index is 0.219. The highest BCUT2D eigenvalue weighted by Crippen LogP contribution is 2.18. The first-order valence-electron chi connectivity index (χ1n) is 6.55. The van der Waals surface area contributed by atoms with Crippen LogP contribution in [0.4, 0.5) is 0 Å². The minimum Gasteiger partial charge on any atom is -0.488 e. The summed E-state index contributed by atoms with van der Waals surface area (Å²) in [6.07, 6.45) is 0.642. The van der Waals surface area contributed by atoms with Crippen molar-refractivity contribution in [3.05, 3.63) is 29.8 Å². The molecule has 0 aliphatic heterocycles. The van der Waals surface area contributed by atoms with Crippen molar-refractivity contribution in [1.29, 1.82) is 0 Å². The second-order valence-corrected chi connectivity index (χ2v) is 7.76. The van der Waals surface area contributed by atoms with Crippen LogP contribution in [0.2, 0.25) is 0 Å². The molecule has 0 heterocycles. The smallest absolute Gasteiger partial charge is 0.278 e. The molecule has 1 aromatic carbocycles. The Kier molecular flexibility index (Phi) is 5.56. The largest absolute Gasteiger partial charge is 0.488 e. The van der Waals surface area contributed by atoms with E-state index in [9.17, 15) is 8.42 Å². The number of rotatable bonds is 6. The molecule has 0 aromatic heterocycles. The van der Waals surface area contributed by atoms with Gasteiger partial charge in [0, 0.05) is 20.6 Å². The molecule has 1 aromatic rings. The van der Waals surface area contributed by atoms with Crippen LogP contribution in [0.25, 0.3) is 0 Å². The lowest BCUT2D eigenvalue weighted by molar-refractivity contribution is 0.131. The third-order valence-corrected chi connectivity index (χ3v) is 4.06. The van der Waals surface area contributed by atoms with E-state index in [4.69, 9.17) is 4.74 Å². The molecule has 6 heteroatoms. The summed E-state index contributed by atoms with van der Waals surface area (Å²) in [5.41, 5.74) is 0.843. The zero-order valence-electron chi connectivity index (χ0n) is 12.8. The second-order valence-electron chi connectivity index (χ2n) is 5.79. The number of hydrogen-bond donors (Lipinski definition) is 1. The molecule has 0 aliphatic rings. The van der Waals surface area contributed by atoms with Gasteiger partial charge in [-0.05, 0) is 44.9 Å².